The van der Waals surface area contributed by atoms with Gasteiger partial charge in [-0.2, -0.15) is 0 Å². The van der Waals surface area contributed by atoms with E-state index in [2.05, 4.69) is 5.32 Å². The van der Waals surface area contributed by atoms with Crippen molar-refractivity contribution in [3.05, 3.63) is 83.4 Å². The number of fused-ring (bicyclic) bond motifs is 1. The number of nitrogens with zero attached hydrogens (tertiary/aromatic N) is 1. The van der Waals surface area contributed by atoms with Gasteiger partial charge in [-0.3, -0.25) is 9.59 Å². The molecule has 158 valence electrons. The molecule has 2 amide bonds. The lowest BCUT2D eigenvalue weighted by atomic mass is 10.00. The molecule has 0 radical (unpaired) electrons. The number of hydrogen-bond donors (Lipinski definition) is 1. The zero-order chi connectivity index (χ0) is 21.8. The third kappa shape index (κ3) is 4.10. The minimum Gasteiger partial charge on any atom is -0.496 e. The average Bonchev–Trinajstić information content (AvgIpc) is 2.83. The molecule has 0 saturated carbocycles. The van der Waals surface area contributed by atoms with E-state index < -0.39 is 0 Å². The van der Waals surface area contributed by atoms with Crippen LogP contribution in [-0.2, 0) is 6.42 Å². The summed E-state index contributed by atoms with van der Waals surface area (Å²) < 4.78 is 10.7. The summed E-state index contributed by atoms with van der Waals surface area (Å²) in [5.41, 5.74) is 3.48. The molecule has 0 atom stereocenters. The molecule has 6 heteroatoms. The lowest BCUT2D eigenvalue weighted by molar-refractivity contribution is 0.0983. The first kappa shape index (κ1) is 20.5. The lowest BCUT2D eigenvalue weighted by Crippen LogP contribution is -2.35. The van der Waals surface area contributed by atoms with Crippen LogP contribution in [0.4, 0.5) is 11.4 Å². The van der Waals surface area contributed by atoms with Crippen LogP contribution in [0.1, 0.15) is 32.7 Å². The Morgan fingerprint density at radius 2 is 1.61 bits per heavy atom. The summed E-state index contributed by atoms with van der Waals surface area (Å²) in [5, 5.41) is 2.92. The van der Waals surface area contributed by atoms with Crippen LogP contribution in [0.2, 0.25) is 0 Å². The van der Waals surface area contributed by atoms with Gasteiger partial charge in [-0.05, 0) is 54.8 Å². The molecule has 1 aliphatic heterocycles. The molecule has 0 saturated heterocycles. The number of nitrogens with one attached hydrogen (secondary N) is 1. The van der Waals surface area contributed by atoms with Crippen molar-refractivity contribution in [1.82, 2.24) is 0 Å². The molecule has 0 aromatic heterocycles. The third-order valence-electron chi connectivity index (χ3n) is 5.38. The number of benzene rings is 3. The quantitative estimate of drug-likeness (QED) is 0.663. The van der Waals surface area contributed by atoms with Crippen molar-refractivity contribution in [3.63, 3.8) is 0 Å². The number of carbonyl (C=O) groups is 2. The Morgan fingerprint density at radius 3 is 2.29 bits per heavy atom. The number of anilines is 2. The summed E-state index contributed by atoms with van der Waals surface area (Å²) in [6.07, 6.45) is 1.79. The summed E-state index contributed by atoms with van der Waals surface area (Å²) in [5.74, 6) is 0.466. The molecular weight excluding hydrogens is 392 g/mol. The highest BCUT2D eigenvalue weighted by Gasteiger charge is 2.25. The topological polar surface area (TPSA) is 67.9 Å². The molecular formula is C25H24N2O4. The summed E-state index contributed by atoms with van der Waals surface area (Å²) >= 11 is 0. The van der Waals surface area contributed by atoms with Crippen molar-refractivity contribution in [2.45, 2.75) is 12.8 Å². The molecule has 4 rings (SSSR count). The highest BCUT2D eigenvalue weighted by Crippen LogP contribution is 2.33. The molecule has 0 aliphatic carbocycles. The first-order chi connectivity index (χ1) is 15.1. The second-order valence-electron chi connectivity index (χ2n) is 7.26. The van der Waals surface area contributed by atoms with E-state index in [1.165, 1.54) is 14.2 Å². The molecule has 0 spiro atoms. The van der Waals surface area contributed by atoms with Gasteiger partial charge in [0.05, 0.1) is 14.2 Å². The first-order valence-electron chi connectivity index (χ1n) is 10.1. The molecule has 3 aromatic carbocycles. The van der Waals surface area contributed by atoms with Crippen LogP contribution in [0.3, 0.4) is 0 Å². The van der Waals surface area contributed by atoms with E-state index in [1.54, 1.807) is 23.1 Å². The van der Waals surface area contributed by atoms with Crippen molar-refractivity contribution in [3.8, 4) is 11.5 Å². The second-order valence-corrected chi connectivity index (χ2v) is 7.26. The van der Waals surface area contributed by atoms with E-state index in [1.807, 2.05) is 48.5 Å². The van der Waals surface area contributed by atoms with Crippen LogP contribution in [0, 0.1) is 0 Å². The van der Waals surface area contributed by atoms with Crippen LogP contribution in [0.25, 0.3) is 0 Å². The molecule has 6 nitrogen and oxygen atoms in total. The van der Waals surface area contributed by atoms with Gasteiger partial charge in [0.25, 0.3) is 11.8 Å². The van der Waals surface area contributed by atoms with Crippen molar-refractivity contribution in [2.24, 2.45) is 0 Å². The number of aryl methyl sites for hydroxylation is 1. The van der Waals surface area contributed by atoms with Crippen LogP contribution >= 0.6 is 0 Å². The predicted octanol–water partition coefficient (Wildman–Crippen LogP) is 4.55. The van der Waals surface area contributed by atoms with Crippen molar-refractivity contribution >= 4 is 23.2 Å². The summed E-state index contributed by atoms with van der Waals surface area (Å²) in [7, 11) is 3.02. The van der Waals surface area contributed by atoms with E-state index in [-0.39, 0.29) is 11.8 Å². The largest absolute Gasteiger partial charge is 0.496 e. The number of methoxy groups -OCH3 is 2. The monoisotopic (exact) mass is 416 g/mol. The Bertz CT molecular complexity index is 1090. The molecule has 0 bridgehead atoms. The number of rotatable bonds is 5. The van der Waals surface area contributed by atoms with Crippen LogP contribution < -0.4 is 19.7 Å². The van der Waals surface area contributed by atoms with Gasteiger partial charge in [-0.25, -0.2) is 0 Å². The van der Waals surface area contributed by atoms with Gasteiger partial charge in [-0.15, -0.1) is 0 Å². The Morgan fingerprint density at radius 1 is 0.903 bits per heavy atom. The van der Waals surface area contributed by atoms with E-state index in [0.717, 1.165) is 24.1 Å². The third-order valence-corrected chi connectivity index (χ3v) is 5.38. The minimum atomic E-state index is -0.342. The van der Waals surface area contributed by atoms with Crippen LogP contribution in [0.5, 0.6) is 11.5 Å². The maximum atomic E-state index is 13.1. The SMILES string of the molecule is COc1cccc(OC)c1C(=O)Nc1ccc2c(c1)N(C(=O)c1ccccc1)CCC2. The number of ether oxygens (including phenoxy) is 2. The fourth-order valence-electron chi connectivity index (χ4n) is 3.87. The maximum Gasteiger partial charge on any atom is 0.263 e. The predicted molar refractivity (Wildman–Crippen MR) is 120 cm³/mol. The first-order valence-corrected chi connectivity index (χ1v) is 10.1. The summed E-state index contributed by atoms with van der Waals surface area (Å²) in [4.78, 5) is 27.9. The molecule has 1 heterocycles. The Hall–Kier alpha value is -3.80. The van der Waals surface area contributed by atoms with Crippen molar-refractivity contribution < 1.29 is 19.1 Å². The number of carbonyl (C=O) groups excluding carboxylic acids is 2. The minimum absolute atomic E-state index is 0.0450. The van der Waals surface area contributed by atoms with Crippen molar-refractivity contribution in [1.29, 1.82) is 0 Å². The second kappa shape index (κ2) is 8.92. The van der Waals surface area contributed by atoms with Crippen molar-refractivity contribution in [2.75, 3.05) is 31.0 Å². The Labute approximate surface area is 181 Å². The van der Waals surface area contributed by atoms with Gasteiger partial charge in [-0.1, -0.05) is 30.3 Å². The van der Waals surface area contributed by atoms with Gasteiger partial charge in [0, 0.05) is 23.5 Å². The van der Waals surface area contributed by atoms with E-state index in [4.69, 9.17) is 9.47 Å². The normalized spacial score (nSPS) is 12.6. The summed E-state index contributed by atoms with van der Waals surface area (Å²) in [6.45, 7) is 0.637. The smallest absolute Gasteiger partial charge is 0.263 e. The van der Waals surface area contributed by atoms with Crippen LogP contribution in [0.15, 0.2) is 66.7 Å². The van der Waals surface area contributed by atoms with Gasteiger partial charge in [0.2, 0.25) is 0 Å². The number of hydrogen-bond acceptors (Lipinski definition) is 4. The van der Waals surface area contributed by atoms with Gasteiger partial charge in [0.15, 0.2) is 0 Å². The zero-order valence-electron chi connectivity index (χ0n) is 17.6. The molecule has 0 unspecified atom stereocenters. The fourth-order valence-corrected chi connectivity index (χ4v) is 3.87. The zero-order valence-corrected chi connectivity index (χ0v) is 17.6. The van der Waals surface area contributed by atoms with Crippen LogP contribution in [-0.4, -0.2) is 32.6 Å². The molecule has 31 heavy (non-hydrogen) atoms. The number of amides is 2. The Balaban J connectivity index is 1.64. The van der Waals surface area contributed by atoms with E-state index in [9.17, 15) is 9.59 Å². The maximum absolute atomic E-state index is 13.1. The lowest BCUT2D eigenvalue weighted by Gasteiger charge is -2.30. The average molecular weight is 416 g/mol. The van der Waals surface area contributed by atoms with E-state index in [0.29, 0.717) is 34.9 Å². The Kier molecular flexibility index (Phi) is 5.89. The highest BCUT2D eigenvalue weighted by atomic mass is 16.5. The molecule has 0 fully saturated rings. The summed E-state index contributed by atoms with van der Waals surface area (Å²) in [6, 6.07) is 20.1. The standard InChI is InChI=1S/C25H24N2O4/c1-30-21-11-6-12-22(31-2)23(21)24(28)26-19-14-13-17-10-7-15-27(20(17)16-19)25(29)18-8-4-3-5-9-18/h3-6,8-9,11-14,16H,7,10,15H2,1-2H3,(H,26,28). The highest BCUT2D eigenvalue weighted by molar-refractivity contribution is 6.10. The van der Waals surface area contributed by atoms with Gasteiger partial charge >= 0.3 is 0 Å². The van der Waals surface area contributed by atoms with Gasteiger partial charge in [0.1, 0.15) is 17.1 Å². The van der Waals surface area contributed by atoms with E-state index >= 15 is 0 Å². The molecule has 1 N–H and O–H groups in total. The van der Waals surface area contributed by atoms with Gasteiger partial charge < -0.3 is 19.7 Å². The molecule has 3 aromatic rings. The molecule has 1 aliphatic rings. The fraction of sp³-hybridized carbons (Fsp3) is 0.200.